The van der Waals surface area contributed by atoms with Gasteiger partial charge < -0.3 is 10.1 Å². The molecule has 1 atom stereocenters. The molecule has 1 unspecified atom stereocenters. The summed E-state index contributed by atoms with van der Waals surface area (Å²) < 4.78 is 6.13. The Morgan fingerprint density at radius 3 is 2.33 bits per heavy atom. The highest BCUT2D eigenvalue weighted by atomic mass is 16.5. The molecule has 1 saturated carbocycles. The first-order valence-electron chi connectivity index (χ1n) is 7.79. The van der Waals surface area contributed by atoms with Crippen LogP contribution in [-0.4, -0.2) is 25.3 Å². The van der Waals surface area contributed by atoms with E-state index >= 15 is 0 Å². The number of hydrogen-bond donors (Lipinski definition) is 1. The SMILES string of the molecule is CCCNC(COC1CCC(C)(C)CC1)C(C)C. The van der Waals surface area contributed by atoms with Crippen LogP contribution in [0, 0.1) is 11.3 Å². The van der Waals surface area contributed by atoms with Crippen molar-refractivity contribution in [3.05, 3.63) is 0 Å². The fourth-order valence-corrected chi connectivity index (χ4v) is 2.60. The van der Waals surface area contributed by atoms with Gasteiger partial charge in [-0.2, -0.15) is 0 Å². The molecule has 0 radical (unpaired) electrons. The Bertz CT molecular complexity index is 215. The third kappa shape index (κ3) is 5.71. The molecule has 1 fully saturated rings. The molecule has 108 valence electrons. The minimum absolute atomic E-state index is 0.503. The summed E-state index contributed by atoms with van der Waals surface area (Å²) in [5.41, 5.74) is 0.539. The zero-order valence-corrected chi connectivity index (χ0v) is 13.1. The van der Waals surface area contributed by atoms with Crippen molar-refractivity contribution in [3.63, 3.8) is 0 Å². The predicted octanol–water partition coefficient (Wildman–Crippen LogP) is 4.00. The van der Waals surface area contributed by atoms with Gasteiger partial charge in [0.1, 0.15) is 0 Å². The molecule has 0 amide bonds. The molecule has 0 aliphatic heterocycles. The predicted molar refractivity (Wildman–Crippen MR) is 78.9 cm³/mol. The molecule has 2 nitrogen and oxygen atoms in total. The molecule has 1 N–H and O–H groups in total. The highest BCUT2D eigenvalue weighted by molar-refractivity contribution is 4.79. The second-order valence-corrected chi connectivity index (χ2v) is 7.00. The van der Waals surface area contributed by atoms with Crippen LogP contribution in [0.2, 0.25) is 0 Å². The Kier molecular flexibility index (Phi) is 6.65. The van der Waals surface area contributed by atoms with Crippen LogP contribution in [0.1, 0.15) is 66.7 Å². The van der Waals surface area contributed by atoms with E-state index in [1.54, 1.807) is 0 Å². The van der Waals surface area contributed by atoms with Crippen molar-refractivity contribution in [1.82, 2.24) is 5.32 Å². The highest BCUT2D eigenvalue weighted by Crippen LogP contribution is 2.36. The summed E-state index contributed by atoms with van der Waals surface area (Å²) >= 11 is 0. The quantitative estimate of drug-likeness (QED) is 0.742. The third-order valence-electron chi connectivity index (χ3n) is 4.26. The van der Waals surface area contributed by atoms with Gasteiger partial charge in [0.25, 0.3) is 0 Å². The molecule has 0 bridgehead atoms. The van der Waals surface area contributed by atoms with Crippen molar-refractivity contribution in [2.45, 2.75) is 78.9 Å². The van der Waals surface area contributed by atoms with Crippen LogP contribution < -0.4 is 5.32 Å². The minimum Gasteiger partial charge on any atom is -0.377 e. The molecule has 0 aromatic carbocycles. The number of rotatable bonds is 7. The number of nitrogens with one attached hydrogen (secondary N) is 1. The Balaban J connectivity index is 2.25. The summed E-state index contributed by atoms with van der Waals surface area (Å²) in [7, 11) is 0. The van der Waals surface area contributed by atoms with Crippen LogP contribution >= 0.6 is 0 Å². The first-order chi connectivity index (χ1) is 8.44. The van der Waals surface area contributed by atoms with E-state index in [9.17, 15) is 0 Å². The molecule has 0 heterocycles. The summed E-state index contributed by atoms with van der Waals surface area (Å²) in [6, 6.07) is 0.514. The minimum atomic E-state index is 0.503. The molecular weight excluding hydrogens is 222 g/mol. The van der Waals surface area contributed by atoms with Gasteiger partial charge in [0.05, 0.1) is 12.7 Å². The average Bonchev–Trinajstić information content (AvgIpc) is 2.30. The van der Waals surface area contributed by atoms with Crippen LogP contribution in [0.4, 0.5) is 0 Å². The van der Waals surface area contributed by atoms with Crippen molar-refractivity contribution >= 4 is 0 Å². The molecule has 1 rings (SSSR count). The summed E-state index contributed by atoms with van der Waals surface area (Å²) in [5, 5.41) is 3.60. The summed E-state index contributed by atoms with van der Waals surface area (Å²) in [4.78, 5) is 0. The van der Waals surface area contributed by atoms with Crippen LogP contribution in [0.15, 0.2) is 0 Å². The topological polar surface area (TPSA) is 21.3 Å². The smallest absolute Gasteiger partial charge is 0.0625 e. The molecule has 0 aromatic rings. The van der Waals surface area contributed by atoms with Gasteiger partial charge in [0.15, 0.2) is 0 Å². The Morgan fingerprint density at radius 1 is 1.22 bits per heavy atom. The van der Waals surface area contributed by atoms with E-state index in [4.69, 9.17) is 4.74 Å². The molecule has 2 heteroatoms. The molecule has 1 aliphatic carbocycles. The summed E-state index contributed by atoms with van der Waals surface area (Å²) in [6.07, 6.45) is 6.80. The van der Waals surface area contributed by atoms with E-state index in [1.807, 2.05) is 0 Å². The van der Waals surface area contributed by atoms with Crippen molar-refractivity contribution in [2.75, 3.05) is 13.2 Å². The van der Waals surface area contributed by atoms with Crippen LogP contribution in [-0.2, 0) is 4.74 Å². The molecule has 1 aliphatic rings. The maximum Gasteiger partial charge on any atom is 0.0625 e. The van der Waals surface area contributed by atoms with Crippen molar-refractivity contribution in [1.29, 1.82) is 0 Å². The van der Waals surface area contributed by atoms with E-state index in [-0.39, 0.29) is 0 Å². The zero-order chi connectivity index (χ0) is 13.6. The lowest BCUT2D eigenvalue weighted by Crippen LogP contribution is -2.40. The van der Waals surface area contributed by atoms with Crippen LogP contribution in [0.25, 0.3) is 0 Å². The third-order valence-corrected chi connectivity index (χ3v) is 4.26. The van der Waals surface area contributed by atoms with Crippen molar-refractivity contribution < 1.29 is 4.74 Å². The monoisotopic (exact) mass is 255 g/mol. The van der Waals surface area contributed by atoms with Gasteiger partial charge in [-0.3, -0.25) is 0 Å². The largest absolute Gasteiger partial charge is 0.377 e. The molecule has 0 aromatic heterocycles. The zero-order valence-electron chi connectivity index (χ0n) is 13.1. The fourth-order valence-electron chi connectivity index (χ4n) is 2.60. The van der Waals surface area contributed by atoms with E-state index in [0.29, 0.717) is 23.5 Å². The second-order valence-electron chi connectivity index (χ2n) is 7.00. The van der Waals surface area contributed by atoms with Crippen molar-refractivity contribution in [3.8, 4) is 0 Å². The van der Waals surface area contributed by atoms with E-state index in [2.05, 4.69) is 39.9 Å². The molecule has 18 heavy (non-hydrogen) atoms. The molecule has 0 saturated heterocycles. The van der Waals surface area contributed by atoms with Gasteiger partial charge in [-0.1, -0.05) is 34.6 Å². The van der Waals surface area contributed by atoms with E-state index < -0.39 is 0 Å². The second kappa shape index (κ2) is 7.49. The maximum absolute atomic E-state index is 6.13. The highest BCUT2D eigenvalue weighted by Gasteiger charge is 2.27. The maximum atomic E-state index is 6.13. The van der Waals surface area contributed by atoms with Crippen molar-refractivity contribution in [2.24, 2.45) is 11.3 Å². The van der Waals surface area contributed by atoms with Gasteiger partial charge in [-0.05, 0) is 50.0 Å². The molecule has 0 spiro atoms. The van der Waals surface area contributed by atoms with Gasteiger partial charge in [0, 0.05) is 6.04 Å². The van der Waals surface area contributed by atoms with E-state index in [0.717, 1.165) is 13.2 Å². The Morgan fingerprint density at radius 2 is 1.83 bits per heavy atom. The lowest BCUT2D eigenvalue weighted by atomic mass is 9.76. The van der Waals surface area contributed by atoms with Gasteiger partial charge >= 0.3 is 0 Å². The van der Waals surface area contributed by atoms with Gasteiger partial charge in [-0.15, -0.1) is 0 Å². The van der Waals surface area contributed by atoms with Gasteiger partial charge in [-0.25, -0.2) is 0 Å². The lowest BCUT2D eigenvalue weighted by Gasteiger charge is -2.35. The lowest BCUT2D eigenvalue weighted by molar-refractivity contribution is -0.0106. The normalized spacial score (nSPS) is 22.3. The Hall–Kier alpha value is -0.0800. The number of hydrogen-bond acceptors (Lipinski definition) is 2. The summed E-state index contributed by atoms with van der Waals surface area (Å²) in [6.45, 7) is 13.5. The average molecular weight is 255 g/mol. The Labute approximate surface area is 114 Å². The number of ether oxygens (including phenoxy) is 1. The van der Waals surface area contributed by atoms with Crippen LogP contribution in [0.3, 0.4) is 0 Å². The summed E-state index contributed by atoms with van der Waals surface area (Å²) in [5.74, 6) is 0.650. The molecular formula is C16H33NO. The van der Waals surface area contributed by atoms with Crippen LogP contribution in [0.5, 0.6) is 0 Å². The first kappa shape index (κ1) is 16.0. The van der Waals surface area contributed by atoms with E-state index in [1.165, 1.54) is 32.1 Å². The standard InChI is InChI=1S/C16H33NO/c1-6-11-17-15(13(2)3)12-18-14-7-9-16(4,5)10-8-14/h13-15,17H,6-12H2,1-5H3. The van der Waals surface area contributed by atoms with Gasteiger partial charge in [0.2, 0.25) is 0 Å². The fraction of sp³-hybridized carbons (Fsp3) is 1.00. The first-order valence-corrected chi connectivity index (χ1v) is 7.79.